The highest BCUT2D eigenvalue weighted by Crippen LogP contribution is 2.22. The Bertz CT molecular complexity index is 2510. The number of carbonyl (C=O) groups excluding carboxylic acids is 8. The maximum atomic E-state index is 14.6. The van der Waals surface area contributed by atoms with E-state index in [4.69, 9.17) is 9.84 Å². The molecule has 0 aliphatic heterocycles. The van der Waals surface area contributed by atoms with E-state index < -0.39 is 139 Å². The molecule has 0 fully saturated rings. The number of carboxylic acids is 3. The number of amides is 7. The molecule has 0 spiro atoms. The van der Waals surface area contributed by atoms with E-state index in [-0.39, 0.29) is 37.5 Å². The first-order valence-corrected chi connectivity index (χ1v) is 26.1. The molecule has 10 N–H and O–H groups in total. The minimum atomic E-state index is -1.83. The van der Waals surface area contributed by atoms with Crippen LogP contribution in [0.2, 0.25) is 0 Å². The second-order valence-corrected chi connectivity index (χ2v) is 20.8. The first-order chi connectivity index (χ1) is 36.4. The topological polar surface area (TPSA) is 342 Å². The van der Waals surface area contributed by atoms with Gasteiger partial charge >= 0.3 is 17.9 Å². The van der Waals surface area contributed by atoms with Gasteiger partial charge in [0.2, 0.25) is 41.5 Å². The van der Waals surface area contributed by atoms with Crippen molar-refractivity contribution in [3.63, 3.8) is 0 Å². The molecule has 77 heavy (non-hydrogen) atoms. The van der Waals surface area contributed by atoms with Crippen LogP contribution in [0, 0.1) is 18.3 Å². The molecule has 7 amide bonds. The van der Waals surface area contributed by atoms with Gasteiger partial charge in [0.25, 0.3) is 12.4 Å². The lowest BCUT2D eigenvalue weighted by atomic mass is 9.85. The fourth-order valence-electron chi connectivity index (χ4n) is 7.75. The lowest BCUT2D eigenvalue weighted by Crippen LogP contribution is -2.62. The molecule has 0 heterocycles. The van der Waals surface area contributed by atoms with Gasteiger partial charge in [0.05, 0.1) is 18.9 Å². The molecule has 418 valence electrons. The standard InChI is InChI=1S/C54H71N7O15S/c1-32(2)25-38(49(71)60-41(30-77-29-35-18-11-8-12-19-35)46(76-31-62)52(74)55-28-34-16-9-7-10-17-34)59-53(75)47(54(4,5)6)61-51(73)39(26-36-20-14-13-15-33(36)3)58-48(70)37(21-23-43(64)65)57-50(72)40(27-45(68)69)56-42(63)22-24-44(66)67/h7-20,31-32,37-41,46-47H,21-30H2,1-6H3,(H,55,74)(H,56,63)(H,57,72)(H,58,70)(H,59,75)(H,60,71)(H,61,73)(H,64,65)(H,66,67)(H,68,69)/t37-,38-,39-,40-,41-,46?,47+/m0/s1. The molecular weight excluding hydrogens is 1020 g/mol. The van der Waals surface area contributed by atoms with Crippen molar-refractivity contribution in [1.82, 2.24) is 37.2 Å². The summed E-state index contributed by atoms with van der Waals surface area (Å²) in [6.07, 6.45) is -5.15. The first kappa shape index (κ1) is 63.5. The molecule has 23 heteroatoms. The quantitative estimate of drug-likeness (QED) is 0.0392. The third-order valence-electron chi connectivity index (χ3n) is 11.8. The van der Waals surface area contributed by atoms with Crippen LogP contribution in [0.5, 0.6) is 0 Å². The Balaban J connectivity index is 1.97. The number of benzene rings is 3. The third kappa shape index (κ3) is 23.3. The Kier molecular flexibility index (Phi) is 26.3. The average Bonchev–Trinajstić information content (AvgIpc) is 3.36. The van der Waals surface area contributed by atoms with E-state index in [0.717, 1.165) is 11.1 Å². The number of rotatable bonds is 33. The summed E-state index contributed by atoms with van der Waals surface area (Å²) in [4.78, 5) is 144. The summed E-state index contributed by atoms with van der Waals surface area (Å²) in [5.41, 5.74) is 1.90. The van der Waals surface area contributed by atoms with Gasteiger partial charge in [0.1, 0.15) is 30.2 Å². The summed E-state index contributed by atoms with van der Waals surface area (Å²) in [5, 5.41) is 46.1. The van der Waals surface area contributed by atoms with E-state index in [1.165, 1.54) is 11.8 Å². The molecule has 0 aliphatic carbocycles. The molecule has 0 bridgehead atoms. The van der Waals surface area contributed by atoms with Crippen molar-refractivity contribution in [3.05, 3.63) is 107 Å². The molecule has 0 aliphatic rings. The average molecular weight is 1090 g/mol. The zero-order valence-electron chi connectivity index (χ0n) is 44.0. The van der Waals surface area contributed by atoms with E-state index >= 15 is 0 Å². The molecule has 0 saturated heterocycles. The van der Waals surface area contributed by atoms with Gasteiger partial charge in [-0.1, -0.05) is 120 Å². The van der Waals surface area contributed by atoms with Crippen LogP contribution in [0.1, 0.15) is 95.4 Å². The van der Waals surface area contributed by atoms with Gasteiger partial charge < -0.3 is 57.3 Å². The number of thioether (sulfide) groups is 1. The lowest BCUT2D eigenvalue weighted by Gasteiger charge is -2.34. The van der Waals surface area contributed by atoms with Gasteiger partial charge in [-0.15, -0.1) is 0 Å². The van der Waals surface area contributed by atoms with Gasteiger partial charge in [-0.05, 0) is 53.4 Å². The Hall–Kier alpha value is -7.82. The van der Waals surface area contributed by atoms with Crippen LogP contribution < -0.4 is 37.2 Å². The highest BCUT2D eigenvalue weighted by Gasteiger charge is 2.39. The Labute approximate surface area is 451 Å². The molecule has 3 aromatic carbocycles. The fraction of sp³-hybridized carbons (Fsp3) is 0.463. The van der Waals surface area contributed by atoms with Crippen molar-refractivity contribution in [2.24, 2.45) is 11.3 Å². The van der Waals surface area contributed by atoms with Crippen molar-refractivity contribution < 1.29 is 72.8 Å². The van der Waals surface area contributed by atoms with Gasteiger partial charge in [0.15, 0.2) is 0 Å². The number of hydrogen-bond acceptors (Lipinski definition) is 13. The monoisotopic (exact) mass is 1090 g/mol. The number of aliphatic carboxylic acids is 3. The maximum absolute atomic E-state index is 14.6. The van der Waals surface area contributed by atoms with E-state index in [9.17, 15) is 63.0 Å². The molecular formula is C54H71N7O15S. The molecule has 0 aromatic heterocycles. The SMILES string of the molecule is Cc1ccccc1C[C@H](NC(=O)[C@H](CCC(=O)O)NC(=O)[C@H](CC(=O)O)NC(=O)CCC(=O)O)C(=O)N[C@H](C(=O)N[C@@H](CC(C)C)C(=O)N[C@@H](CSCc1ccccc1)C(OC=O)C(=O)NCc1ccccc1)C(C)(C)C. The highest BCUT2D eigenvalue weighted by atomic mass is 32.2. The van der Waals surface area contributed by atoms with Crippen LogP contribution in [0.4, 0.5) is 0 Å². The Morgan fingerprint density at radius 2 is 1.14 bits per heavy atom. The van der Waals surface area contributed by atoms with Crippen LogP contribution in [0.25, 0.3) is 0 Å². The molecule has 0 radical (unpaired) electrons. The largest absolute Gasteiger partial charge is 0.481 e. The predicted molar refractivity (Wildman–Crippen MR) is 283 cm³/mol. The maximum Gasteiger partial charge on any atom is 0.305 e. The number of carboxylic acid groups (broad SMARTS) is 3. The van der Waals surface area contributed by atoms with Gasteiger partial charge in [0, 0.05) is 37.3 Å². The van der Waals surface area contributed by atoms with Crippen LogP contribution in [0.15, 0.2) is 84.9 Å². The van der Waals surface area contributed by atoms with Crippen LogP contribution in [-0.4, -0.2) is 129 Å². The van der Waals surface area contributed by atoms with Crippen LogP contribution in [0.3, 0.4) is 0 Å². The van der Waals surface area contributed by atoms with Crippen molar-refractivity contribution in [2.75, 3.05) is 5.75 Å². The summed E-state index contributed by atoms with van der Waals surface area (Å²) in [5.74, 6) is -10.3. The highest BCUT2D eigenvalue weighted by molar-refractivity contribution is 7.98. The van der Waals surface area contributed by atoms with Gasteiger partial charge in [-0.2, -0.15) is 11.8 Å². The van der Waals surface area contributed by atoms with Crippen molar-refractivity contribution in [1.29, 1.82) is 0 Å². The summed E-state index contributed by atoms with van der Waals surface area (Å²) in [6, 6.07) is 16.4. The van der Waals surface area contributed by atoms with E-state index in [1.807, 2.05) is 50.2 Å². The summed E-state index contributed by atoms with van der Waals surface area (Å²) < 4.78 is 5.35. The summed E-state index contributed by atoms with van der Waals surface area (Å²) >= 11 is 1.37. The van der Waals surface area contributed by atoms with Gasteiger partial charge in [-0.25, -0.2) is 0 Å². The van der Waals surface area contributed by atoms with Crippen molar-refractivity contribution >= 4 is 77.5 Å². The van der Waals surface area contributed by atoms with E-state index in [0.29, 0.717) is 16.9 Å². The third-order valence-corrected chi connectivity index (χ3v) is 13.0. The zero-order chi connectivity index (χ0) is 57.2. The number of aryl methyl sites for hydroxylation is 1. The number of ether oxygens (including phenoxy) is 1. The minimum Gasteiger partial charge on any atom is -0.481 e. The zero-order valence-corrected chi connectivity index (χ0v) is 44.8. The second kappa shape index (κ2) is 31.9. The van der Waals surface area contributed by atoms with Gasteiger partial charge in [-0.3, -0.25) is 52.7 Å². The van der Waals surface area contributed by atoms with E-state index in [1.54, 1.807) is 76.2 Å². The number of carbonyl (C=O) groups is 11. The Morgan fingerprint density at radius 1 is 0.597 bits per heavy atom. The number of hydrogen-bond donors (Lipinski definition) is 10. The minimum absolute atomic E-state index is 0.0699. The molecule has 0 saturated carbocycles. The molecule has 7 atom stereocenters. The number of nitrogens with one attached hydrogen (secondary N) is 7. The molecule has 22 nitrogen and oxygen atoms in total. The fourth-order valence-corrected chi connectivity index (χ4v) is 8.81. The van der Waals surface area contributed by atoms with Crippen LogP contribution in [-0.2, 0) is 76.2 Å². The molecule has 3 rings (SSSR count). The Morgan fingerprint density at radius 3 is 1.71 bits per heavy atom. The first-order valence-electron chi connectivity index (χ1n) is 24.9. The summed E-state index contributed by atoms with van der Waals surface area (Å²) in [6.45, 7) is 10.5. The lowest BCUT2D eigenvalue weighted by molar-refractivity contribution is -0.147. The molecule has 3 aromatic rings. The smallest absolute Gasteiger partial charge is 0.305 e. The van der Waals surface area contributed by atoms with E-state index in [2.05, 4.69) is 37.2 Å². The van der Waals surface area contributed by atoms with Crippen LogP contribution >= 0.6 is 11.8 Å². The predicted octanol–water partition coefficient (Wildman–Crippen LogP) is 2.53. The van der Waals surface area contributed by atoms with Crippen molar-refractivity contribution in [3.8, 4) is 0 Å². The normalized spacial score (nSPS) is 13.9. The molecule has 1 unspecified atom stereocenters. The second-order valence-electron chi connectivity index (χ2n) is 19.8. The van der Waals surface area contributed by atoms with Crippen molar-refractivity contribution in [2.45, 2.75) is 141 Å². The summed E-state index contributed by atoms with van der Waals surface area (Å²) in [7, 11) is 0.